The van der Waals surface area contributed by atoms with Crippen molar-refractivity contribution in [3.63, 3.8) is 0 Å². The van der Waals surface area contributed by atoms with E-state index in [0.717, 1.165) is 12.0 Å². The first-order valence-corrected chi connectivity index (χ1v) is 7.36. The van der Waals surface area contributed by atoms with Crippen molar-refractivity contribution in [3.05, 3.63) is 35.9 Å². The standard InChI is InChI=1S/C17H24O4/c1-16(2)11-14(9-10-21-16)17(19,12-15(18)20-3)13-7-5-4-6-8-13/h4-8,14,19H,9-12H2,1-3H3/t14-,17-/m0/s1. The second-order valence-electron chi connectivity index (χ2n) is 6.34. The van der Waals surface area contributed by atoms with Crippen molar-refractivity contribution in [3.8, 4) is 0 Å². The van der Waals surface area contributed by atoms with E-state index in [1.807, 2.05) is 44.2 Å². The summed E-state index contributed by atoms with van der Waals surface area (Å²) in [6.07, 6.45) is 1.40. The molecule has 0 aliphatic carbocycles. The van der Waals surface area contributed by atoms with Crippen LogP contribution in [0.15, 0.2) is 30.3 Å². The molecule has 0 amide bonds. The Morgan fingerprint density at radius 3 is 2.67 bits per heavy atom. The molecular weight excluding hydrogens is 268 g/mol. The van der Waals surface area contributed by atoms with Crippen molar-refractivity contribution in [2.75, 3.05) is 13.7 Å². The maximum atomic E-state index is 11.8. The summed E-state index contributed by atoms with van der Waals surface area (Å²) in [5, 5.41) is 11.3. The Labute approximate surface area is 126 Å². The van der Waals surface area contributed by atoms with Gasteiger partial charge in [0.1, 0.15) is 5.60 Å². The van der Waals surface area contributed by atoms with Crippen LogP contribution in [0.1, 0.15) is 38.7 Å². The van der Waals surface area contributed by atoms with Crippen LogP contribution in [0.4, 0.5) is 0 Å². The summed E-state index contributed by atoms with van der Waals surface area (Å²) in [4.78, 5) is 11.8. The Morgan fingerprint density at radius 1 is 1.43 bits per heavy atom. The molecule has 1 fully saturated rings. The molecule has 1 N–H and O–H groups in total. The summed E-state index contributed by atoms with van der Waals surface area (Å²) in [6, 6.07) is 9.39. The van der Waals surface area contributed by atoms with Gasteiger partial charge >= 0.3 is 5.97 Å². The van der Waals surface area contributed by atoms with Gasteiger partial charge in [0, 0.05) is 6.61 Å². The number of carbonyl (C=O) groups excluding carboxylic acids is 1. The van der Waals surface area contributed by atoms with E-state index < -0.39 is 11.6 Å². The number of ether oxygens (including phenoxy) is 2. The molecule has 2 atom stereocenters. The molecule has 0 unspecified atom stereocenters. The van der Waals surface area contributed by atoms with Gasteiger partial charge < -0.3 is 14.6 Å². The van der Waals surface area contributed by atoms with Gasteiger partial charge in [0.05, 0.1) is 19.1 Å². The summed E-state index contributed by atoms with van der Waals surface area (Å²) in [6.45, 7) is 4.62. The Bertz CT molecular complexity index is 483. The highest BCUT2D eigenvalue weighted by molar-refractivity contribution is 5.71. The van der Waals surface area contributed by atoms with E-state index >= 15 is 0 Å². The highest BCUT2D eigenvalue weighted by Crippen LogP contribution is 2.43. The third kappa shape index (κ3) is 3.63. The van der Waals surface area contributed by atoms with Crippen molar-refractivity contribution in [2.24, 2.45) is 5.92 Å². The fourth-order valence-electron chi connectivity index (χ4n) is 3.14. The zero-order valence-corrected chi connectivity index (χ0v) is 13.0. The molecule has 116 valence electrons. The van der Waals surface area contributed by atoms with Crippen molar-refractivity contribution < 1.29 is 19.4 Å². The summed E-state index contributed by atoms with van der Waals surface area (Å²) in [5.74, 6) is -0.437. The molecule has 0 radical (unpaired) electrons. The smallest absolute Gasteiger partial charge is 0.308 e. The van der Waals surface area contributed by atoms with Crippen LogP contribution in [-0.4, -0.2) is 30.4 Å². The van der Waals surface area contributed by atoms with E-state index in [2.05, 4.69) is 0 Å². The molecule has 1 aliphatic rings. The molecule has 1 aromatic rings. The van der Waals surface area contributed by atoms with Crippen molar-refractivity contribution >= 4 is 5.97 Å². The number of esters is 1. The Kier molecular flexibility index (Phi) is 4.69. The van der Waals surface area contributed by atoms with Crippen LogP contribution in [-0.2, 0) is 19.9 Å². The van der Waals surface area contributed by atoms with Gasteiger partial charge in [-0.2, -0.15) is 0 Å². The summed E-state index contributed by atoms with van der Waals surface area (Å²) >= 11 is 0. The Balaban J connectivity index is 2.34. The lowest BCUT2D eigenvalue weighted by molar-refractivity contribution is -0.160. The van der Waals surface area contributed by atoms with Gasteiger partial charge in [-0.1, -0.05) is 30.3 Å². The van der Waals surface area contributed by atoms with E-state index in [1.165, 1.54) is 7.11 Å². The lowest BCUT2D eigenvalue weighted by Crippen LogP contribution is -2.45. The molecule has 4 nitrogen and oxygen atoms in total. The molecular formula is C17H24O4. The normalized spacial score (nSPS) is 24.1. The highest BCUT2D eigenvalue weighted by Gasteiger charge is 2.45. The zero-order chi connectivity index (χ0) is 15.5. The van der Waals surface area contributed by atoms with Gasteiger partial charge in [0.15, 0.2) is 0 Å². The molecule has 0 aromatic heterocycles. The maximum absolute atomic E-state index is 11.8. The average molecular weight is 292 g/mol. The fraction of sp³-hybridized carbons (Fsp3) is 0.588. The van der Waals surface area contributed by atoms with Crippen LogP contribution < -0.4 is 0 Å². The van der Waals surface area contributed by atoms with Gasteiger partial charge in [0.25, 0.3) is 0 Å². The predicted octanol–water partition coefficient (Wildman–Crippen LogP) is 2.64. The van der Waals surface area contributed by atoms with Crippen LogP contribution in [0, 0.1) is 5.92 Å². The van der Waals surface area contributed by atoms with E-state index in [1.54, 1.807) is 0 Å². The molecule has 2 rings (SSSR count). The van der Waals surface area contributed by atoms with Crippen LogP contribution >= 0.6 is 0 Å². The lowest BCUT2D eigenvalue weighted by Gasteiger charge is -2.43. The molecule has 1 aromatic carbocycles. The van der Waals surface area contributed by atoms with Crippen LogP contribution in [0.5, 0.6) is 0 Å². The van der Waals surface area contributed by atoms with E-state index in [4.69, 9.17) is 9.47 Å². The lowest BCUT2D eigenvalue weighted by atomic mass is 9.71. The predicted molar refractivity (Wildman–Crippen MR) is 79.7 cm³/mol. The average Bonchev–Trinajstić information content (AvgIpc) is 2.47. The molecule has 0 bridgehead atoms. The first-order chi connectivity index (χ1) is 9.87. The van der Waals surface area contributed by atoms with Gasteiger partial charge in [-0.15, -0.1) is 0 Å². The second kappa shape index (κ2) is 6.16. The van der Waals surface area contributed by atoms with Gasteiger partial charge in [0.2, 0.25) is 0 Å². The van der Waals surface area contributed by atoms with E-state index in [9.17, 15) is 9.90 Å². The summed E-state index contributed by atoms with van der Waals surface area (Å²) in [7, 11) is 1.35. The third-order valence-electron chi connectivity index (χ3n) is 4.29. The minimum atomic E-state index is -1.21. The largest absolute Gasteiger partial charge is 0.469 e. The number of hydrogen-bond donors (Lipinski definition) is 1. The van der Waals surface area contributed by atoms with Crippen LogP contribution in [0.2, 0.25) is 0 Å². The van der Waals surface area contributed by atoms with Crippen LogP contribution in [0.3, 0.4) is 0 Å². The van der Waals surface area contributed by atoms with E-state index in [-0.39, 0.29) is 17.9 Å². The molecule has 21 heavy (non-hydrogen) atoms. The molecule has 1 aliphatic heterocycles. The first-order valence-electron chi connectivity index (χ1n) is 7.36. The number of benzene rings is 1. The summed E-state index contributed by atoms with van der Waals surface area (Å²) < 4.78 is 10.5. The fourth-order valence-corrected chi connectivity index (χ4v) is 3.14. The number of rotatable bonds is 4. The van der Waals surface area contributed by atoms with Gasteiger partial charge in [-0.3, -0.25) is 4.79 Å². The molecule has 1 heterocycles. The molecule has 0 saturated carbocycles. The SMILES string of the molecule is COC(=O)C[C@](O)(c1ccccc1)[C@H]1CCOC(C)(C)C1. The zero-order valence-electron chi connectivity index (χ0n) is 13.0. The second-order valence-corrected chi connectivity index (χ2v) is 6.34. The number of methoxy groups -OCH3 is 1. The first kappa shape index (κ1) is 16.0. The third-order valence-corrected chi connectivity index (χ3v) is 4.29. The van der Waals surface area contributed by atoms with Crippen molar-refractivity contribution in [1.82, 2.24) is 0 Å². The minimum absolute atomic E-state index is 0.0335. The van der Waals surface area contributed by atoms with E-state index in [0.29, 0.717) is 13.0 Å². The molecule has 0 spiro atoms. The van der Waals surface area contributed by atoms with Crippen LogP contribution in [0.25, 0.3) is 0 Å². The van der Waals surface area contributed by atoms with Crippen molar-refractivity contribution in [2.45, 2.75) is 44.3 Å². The minimum Gasteiger partial charge on any atom is -0.469 e. The Hall–Kier alpha value is -1.39. The number of hydrogen-bond acceptors (Lipinski definition) is 4. The number of aliphatic hydroxyl groups is 1. The molecule has 4 heteroatoms. The molecule has 1 saturated heterocycles. The monoisotopic (exact) mass is 292 g/mol. The number of carbonyl (C=O) groups is 1. The Morgan fingerprint density at radius 2 is 2.10 bits per heavy atom. The quantitative estimate of drug-likeness (QED) is 0.867. The van der Waals surface area contributed by atoms with Gasteiger partial charge in [-0.05, 0) is 38.2 Å². The summed E-state index contributed by atoms with van der Waals surface area (Å²) in [5.41, 5.74) is -0.741. The van der Waals surface area contributed by atoms with Gasteiger partial charge in [-0.25, -0.2) is 0 Å². The maximum Gasteiger partial charge on any atom is 0.308 e. The topological polar surface area (TPSA) is 55.8 Å². The van der Waals surface area contributed by atoms with Crippen molar-refractivity contribution in [1.29, 1.82) is 0 Å². The highest BCUT2D eigenvalue weighted by atomic mass is 16.5.